The highest BCUT2D eigenvalue weighted by Gasteiger charge is 2.18. The number of H-pyrrole nitrogens is 1. The number of carbonyl (C=O) groups is 1. The maximum Gasteiger partial charge on any atom is 0.198 e. The lowest BCUT2D eigenvalue weighted by molar-refractivity contribution is 0.103. The van der Waals surface area contributed by atoms with Crippen LogP contribution < -0.4 is 4.74 Å². The first-order chi connectivity index (χ1) is 10.1. The van der Waals surface area contributed by atoms with Gasteiger partial charge in [-0.15, -0.1) is 0 Å². The number of hydrogen-bond donors (Lipinski definition) is 1. The molecule has 0 fully saturated rings. The third-order valence-electron chi connectivity index (χ3n) is 3.68. The van der Waals surface area contributed by atoms with Gasteiger partial charge in [0.05, 0.1) is 12.7 Å². The minimum atomic E-state index is -0.0225. The Kier molecular flexibility index (Phi) is 3.26. The summed E-state index contributed by atoms with van der Waals surface area (Å²) >= 11 is 0. The zero-order chi connectivity index (χ0) is 15.0. The maximum atomic E-state index is 12.8. The van der Waals surface area contributed by atoms with Crippen molar-refractivity contribution in [3.05, 3.63) is 64.8 Å². The molecule has 3 nitrogen and oxygen atoms in total. The molecular weight excluding hydrogens is 262 g/mol. The summed E-state index contributed by atoms with van der Waals surface area (Å²) in [4.78, 5) is 16.0. The van der Waals surface area contributed by atoms with Crippen LogP contribution in [0, 0.1) is 13.8 Å². The Labute approximate surface area is 123 Å². The van der Waals surface area contributed by atoms with Crippen LogP contribution in [0.1, 0.15) is 27.0 Å². The fraction of sp³-hybridized carbons (Fsp3) is 0.167. The van der Waals surface area contributed by atoms with Crippen LogP contribution in [0.2, 0.25) is 0 Å². The number of aromatic amines is 1. The first kappa shape index (κ1) is 13.4. The Morgan fingerprint density at radius 1 is 1.00 bits per heavy atom. The van der Waals surface area contributed by atoms with Gasteiger partial charge in [-0.2, -0.15) is 0 Å². The minimum Gasteiger partial charge on any atom is -0.496 e. The van der Waals surface area contributed by atoms with E-state index < -0.39 is 0 Å². The van der Waals surface area contributed by atoms with Crippen molar-refractivity contribution in [3.8, 4) is 5.75 Å². The molecule has 0 radical (unpaired) electrons. The number of aromatic nitrogens is 1. The molecule has 0 amide bonds. The highest BCUT2D eigenvalue weighted by Crippen LogP contribution is 2.27. The summed E-state index contributed by atoms with van der Waals surface area (Å²) in [7, 11) is 1.58. The van der Waals surface area contributed by atoms with Gasteiger partial charge in [0.15, 0.2) is 5.78 Å². The number of aryl methyl sites for hydroxylation is 2. The Morgan fingerprint density at radius 2 is 1.71 bits per heavy atom. The number of hydrogen-bond acceptors (Lipinski definition) is 2. The summed E-state index contributed by atoms with van der Waals surface area (Å²) in [5.41, 5.74) is 4.45. The largest absolute Gasteiger partial charge is 0.496 e. The second-order valence-corrected chi connectivity index (χ2v) is 5.28. The van der Waals surface area contributed by atoms with E-state index in [1.165, 1.54) is 0 Å². The van der Waals surface area contributed by atoms with Crippen LogP contribution in [0.3, 0.4) is 0 Å². The van der Waals surface area contributed by atoms with Crippen LogP contribution in [0.5, 0.6) is 5.75 Å². The molecular formula is C18H17NO2. The Morgan fingerprint density at radius 3 is 2.48 bits per heavy atom. The lowest BCUT2D eigenvalue weighted by atomic mass is 9.99. The summed E-state index contributed by atoms with van der Waals surface area (Å²) < 4.78 is 5.32. The summed E-state index contributed by atoms with van der Waals surface area (Å²) in [6.45, 7) is 4.00. The SMILES string of the molecule is COc1ccc(C)cc1C(=O)c1c[nH]c2cc(C)ccc12. The Hall–Kier alpha value is -2.55. The average molecular weight is 279 g/mol. The van der Waals surface area contributed by atoms with Gasteiger partial charge in [0, 0.05) is 22.7 Å². The zero-order valence-corrected chi connectivity index (χ0v) is 12.4. The summed E-state index contributed by atoms with van der Waals surface area (Å²) in [6, 6.07) is 11.7. The normalized spacial score (nSPS) is 10.8. The van der Waals surface area contributed by atoms with Crippen molar-refractivity contribution in [1.29, 1.82) is 0 Å². The molecule has 0 spiro atoms. The van der Waals surface area contributed by atoms with Crippen LogP contribution in [0.25, 0.3) is 10.9 Å². The highest BCUT2D eigenvalue weighted by molar-refractivity contribution is 6.17. The molecule has 3 heteroatoms. The molecule has 0 aliphatic heterocycles. The number of ketones is 1. The zero-order valence-electron chi connectivity index (χ0n) is 12.4. The quantitative estimate of drug-likeness (QED) is 0.736. The molecule has 3 rings (SSSR count). The highest BCUT2D eigenvalue weighted by atomic mass is 16.5. The third-order valence-corrected chi connectivity index (χ3v) is 3.68. The van der Waals surface area contributed by atoms with Gasteiger partial charge < -0.3 is 9.72 Å². The van der Waals surface area contributed by atoms with E-state index in [1.54, 1.807) is 13.3 Å². The lowest BCUT2D eigenvalue weighted by Crippen LogP contribution is -2.03. The van der Waals surface area contributed by atoms with Crippen molar-refractivity contribution in [3.63, 3.8) is 0 Å². The predicted molar refractivity (Wildman–Crippen MR) is 84.2 cm³/mol. The van der Waals surface area contributed by atoms with Gasteiger partial charge in [-0.3, -0.25) is 4.79 Å². The van der Waals surface area contributed by atoms with Crippen LogP contribution in [0.15, 0.2) is 42.6 Å². The fourth-order valence-corrected chi connectivity index (χ4v) is 2.57. The van der Waals surface area contributed by atoms with Crippen molar-refractivity contribution in [2.24, 2.45) is 0 Å². The summed E-state index contributed by atoms with van der Waals surface area (Å²) in [5.74, 6) is 0.581. The first-order valence-electron chi connectivity index (χ1n) is 6.87. The van der Waals surface area contributed by atoms with Gasteiger partial charge in [-0.1, -0.05) is 23.8 Å². The van der Waals surface area contributed by atoms with Crippen molar-refractivity contribution in [2.75, 3.05) is 7.11 Å². The van der Waals surface area contributed by atoms with Crippen LogP contribution in [-0.4, -0.2) is 17.9 Å². The van der Waals surface area contributed by atoms with Gasteiger partial charge in [0.1, 0.15) is 5.75 Å². The monoisotopic (exact) mass is 279 g/mol. The molecule has 0 bridgehead atoms. The molecule has 2 aromatic carbocycles. The maximum absolute atomic E-state index is 12.8. The van der Waals surface area contributed by atoms with E-state index in [9.17, 15) is 4.79 Å². The van der Waals surface area contributed by atoms with Gasteiger partial charge >= 0.3 is 0 Å². The van der Waals surface area contributed by atoms with Crippen molar-refractivity contribution in [2.45, 2.75) is 13.8 Å². The van der Waals surface area contributed by atoms with E-state index in [4.69, 9.17) is 4.74 Å². The predicted octanol–water partition coefficient (Wildman–Crippen LogP) is 4.02. The first-order valence-corrected chi connectivity index (χ1v) is 6.87. The molecule has 106 valence electrons. The smallest absolute Gasteiger partial charge is 0.198 e. The average Bonchev–Trinajstić information content (AvgIpc) is 2.89. The van der Waals surface area contributed by atoms with Gasteiger partial charge in [0.2, 0.25) is 0 Å². The Bertz CT molecular complexity index is 830. The fourth-order valence-electron chi connectivity index (χ4n) is 2.57. The number of carbonyl (C=O) groups excluding carboxylic acids is 1. The second-order valence-electron chi connectivity index (χ2n) is 5.28. The van der Waals surface area contributed by atoms with Crippen molar-refractivity contribution >= 4 is 16.7 Å². The number of fused-ring (bicyclic) bond motifs is 1. The molecule has 21 heavy (non-hydrogen) atoms. The van der Waals surface area contributed by atoms with E-state index in [0.29, 0.717) is 16.9 Å². The number of nitrogens with one attached hydrogen (secondary N) is 1. The van der Waals surface area contributed by atoms with E-state index in [0.717, 1.165) is 22.0 Å². The third kappa shape index (κ3) is 2.31. The van der Waals surface area contributed by atoms with E-state index in [2.05, 4.69) is 4.98 Å². The second kappa shape index (κ2) is 5.09. The van der Waals surface area contributed by atoms with Gasteiger partial charge in [-0.05, 0) is 37.6 Å². The lowest BCUT2D eigenvalue weighted by Gasteiger charge is -2.08. The molecule has 0 saturated heterocycles. The van der Waals surface area contributed by atoms with E-state index >= 15 is 0 Å². The number of benzene rings is 2. The molecule has 0 unspecified atom stereocenters. The van der Waals surface area contributed by atoms with Crippen LogP contribution in [-0.2, 0) is 0 Å². The minimum absolute atomic E-state index is 0.0225. The molecule has 1 aromatic heterocycles. The van der Waals surface area contributed by atoms with Crippen LogP contribution in [0.4, 0.5) is 0 Å². The molecule has 0 aliphatic carbocycles. The van der Waals surface area contributed by atoms with Gasteiger partial charge in [0.25, 0.3) is 0 Å². The van der Waals surface area contributed by atoms with Crippen molar-refractivity contribution in [1.82, 2.24) is 4.98 Å². The topological polar surface area (TPSA) is 42.1 Å². The number of ether oxygens (including phenoxy) is 1. The Balaban J connectivity index is 2.15. The van der Waals surface area contributed by atoms with Crippen LogP contribution >= 0.6 is 0 Å². The summed E-state index contributed by atoms with van der Waals surface area (Å²) in [5, 5.41) is 0.939. The molecule has 1 heterocycles. The van der Waals surface area contributed by atoms with E-state index in [1.807, 2.05) is 50.2 Å². The standard InChI is InChI=1S/C18H17NO2/c1-11-5-7-17(21-3)14(8-11)18(20)15-10-19-16-9-12(2)4-6-13(15)16/h4-10,19H,1-3H3. The van der Waals surface area contributed by atoms with Gasteiger partial charge in [-0.25, -0.2) is 0 Å². The summed E-state index contributed by atoms with van der Waals surface area (Å²) in [6.07, 6.45) is 1.77. The van der Waals surface area contributed by atoms with Crippen molar-refractivity contribution < 1.29 is 9.53 Å². The van der Waals surface area contributed by atoms with E-state index in [-0.39, 0.29) is 5.78 Å². The molecule has 3 aromatic rings. The molecule has 1 N–H and O–H groups in total. The number of rotatable bonds is 3. The molecule has 0 aliphatic rings. The number of methoxy groups -OCH3 is 1. The molecule has 0 atom stereocenters. The molecule has 0 saturated carbocycles.